The molecule has 0 aromatic rings. The van der Waals surface area contributed by atoms with Gasteiger partial charge >= 0.3 is 0 Å². The van der Waals surface area contributed by atoms with Crippen molar-refractivity contribution in [3.05, 3.63) is 11.0 Å². The van der Waals surface area contributed by atoms with Gasteiger partial charge in [-0.25, -0.2) is 0 Å². The minimum atomic E-state index is -0.333. The number of thiol groups is 2. The van der Waals surface area contributed by atoms with Gasteiger partial charge in [-0.1, -0.05) is 12.8 Å². The fourth-order valence-corrected chi connectivity index (χ4v) is 4.04. The van der Waals surface area contributed by atoms with Crippen molar-refractivity contribution >= 4 is 48.0 Å². The molecule has 0 aromatic carbocycles. The van der Waals surface area contributed by atoms with Crippen LogP contribution in [0.2, 0.25) is 0 Å². The molecule has 0 aromatic heterocycles. The SMILES string of the molecule is O=C1C=C(S)C(=O)N1CCCCCCN1C(=O)[C@H]2[SH+][C@H]2C1=O. The van der Waals surface area contributed by atoms with E-state index in [1.54, 1.807) is 0 Å². The molecule has 22 heavy (non-hydrogen) atoms. The first-order valence-electron chi connectivity index (χ1n) is 7.32. The fraction of sp³-hybridized carbons (Fsp3) is 0.571. The fourth-order valence-electron chi connectivity index (χ4n) is 2.77. The van der Waals surface area contributed by atoms with Crippen molar-refractivity contribution in [2.24, 2.45) is 0 Å². The van der Waals surface area contributed by atoms with Crippen LogP contribution in [0.5, 0.6) is 0 Å². The van der Waals surface area contributed by atoms with Gasteiger partial charge < -0.3 is 0 Å². The molecule has 0 unspecified atom stereocenters. The van der Waals surface area contributed by atoms with Gasteiger partial charge in [0.05, 0.1) is 4.91 Å². The molecule has 0 aliphatic carbocycles. The van der Waals surface area contributed by atoms with Crippen LogP contribution in [0.15, 0.2) is 11.0 Å². The summed E-state index contributed by atoms with van der Waals surface area (Å²) in [7, 11) is 0. The Morgan fingerprint density at radius 3 is 1.95 bits per heavy atom. The summed E-state index contributed by atoms with van der Waals surface area (Å²) in [6.45, 7) is 0.882. The zero-order valence-electron chi connectivity index (χ0n) is 11.9. The van der Waals surface area contributed by atoms with E-state index in [4.69, 9.17) is 0 Å². The summed E-state index contributed by atoms with van der Waals surface area (Å²) >= 11 is 4.92. The molecule has 6 nitrogen and oxygen atoms in total. The van der Waals surface area contributed by atoms with E-state index in [0.717, 1.165) is 37.4 Å². The van der Waals surface area contributed by atoms with Gasteiger partial charge in [-0.2, -0.15) is 0 Å². The third-order valence-electron chi connectivity index (χ3n) is 4.07. The number of unbranched alkanes of at least 4 members (excludes halogenated alkanes) is 3. The Hall–Kier alpha value is -1.28. The summed E-state index contributed by atoms with van der Waals surface area (Å²) < 4.78 is 0. The Kier molecular flexibility index (Phi) is 4.31. The van der Waals surface area contributed by atoms with Crippen molar-refractivity contribution in [2.45, 2.75) is 36.2 Å². The number of amides is 4. The molecule has 8 heteroatoms. The number of fused-ring (bicyclic) bond motifs is 1. The van der Waals surface area contributed by atoms with E-state index in [0.29, 0.717) is 13.1 Å². The Balaban J connectivity index is 1.30. The predicted molar refractivity (Wildman–Crippen MR) is 85.3 cm³/mol. The van der Waals surface area contributed by atoms with Crippen molar-refractivity contribution in [2.75, 3.05) is 13.1 Å². The van der Waals surface area contributed by atoms with Crippen molar-refractivity contribution in [3.8, 4) is 0 Å². The third kappa shape index (κ3) is 2.81. The predicted octanol–water partition coefficient (Wildman–Crippen LogP) is -0.336. The van der Waals surface area contributed by atoms with Crippen LogP contribution in [-0.2, 0) is 30.9 Å². The maximum Gasteiger partial charge on any atom is 0.288 e. The molecule has 3 heterocycles. The number of rotatable bonds is 7. The Morgan fingerprint density at radius 1 is 0.909 bits per heavy atom. The lowest BCUT2D eigenvalue weighted by atomic mass is 10.2. The van der Waals surface area contributed by atoms with Crippen LogP contribution >= 0.6 is 12.6 Å². The van der Waals surface area contributed by atoms with Gasteiger partial charge in [-0.05, 0) is 12.8 Å². The maximum atomic E-state index is 11.8. The summed E-state index contributed by atoms with van der Waals surface area (Å²) in [5.41, 5.74) is 0. The first kappa shape index (κ1) is 15.6. The molecule has 0 bridgehead atoms. The zero-order chi connectivity index (χ0) is 15.9. The molecule has 2 fully saturated rings. The van der Waals surface area contributed by atoms with Crippen LogP contribution in [-0.4, -0.2) is 57.0 Å². The topological polar surface area (TPSA) is 74.8 Å². The summed E-state index contributed by atoms with van der Waals surface area (Å²) in [4.78, 5) is 49.4. The monoisotopic (exact) mass is 341 g/mol. The molecule has 3 rings (SSSR count). The summed E-state index contributed by atoms with van der Waals surface area (Å²) in [6.07, 6.45) is 4.44. The first-order chi connectivity index (χ1) is 10.5. The van der Waals surface area contributed by atoms with Crippen molar-refractivity contribution in [3.63, 3.8) is 0 Å². The molecule has 0 spiro atoms. The van der Waals surface area contributed by atoms with Crippen LogP contribution in [0.1, 0.15) is 25.7 Å². The molecule has 2 saturated heterocycles. The highest BCUT2D eigenvalue weighted by Crippen LogP contribution is 2.34. The van der Waals surface area contributed by atoms with Gasteiger partial charge in [0.2, 0.25) is 0 Å². The first-order valence-corrected chi connectivity index (χ1v) is 8.80. The van der Waals surface area contributed by atoms with Gasteiger partial charge in [-0.3, -0.25) is 29.0 Å². The highest BCUT2D eigenvalue weighted by atomic mass is 32.2. The van der Waals surface area contributed by atoms with Gasteiger partial charge in [0.1, 0.15) is 0 Å². The molecule has 3 aliphatic rings. The minimum Gasteiger partial charge on any atom is -0.274 e. The molecule has 118 valence electrons. The standard InChI is InChI=1S/C14H16N2O4S2/c17-9-7-8(21)12(18)15(9)5-3-1-2-4-6-16-13(19)10-11(22-10)14(16)20/h7,10-11,21H,1-6H2/p+1/t10-,11+. The van der Waals surface area contributed by atoms with Crippen LogP contribution in [0.3, 0.4) is 0 Å². The van der Waals surface area contributed by atoms with Crippen molar-refractivity contribution in [1.82, 2.24) is 9.80 Å². The Labute approximate surface area is 137 Å². The largest absolute Gasteiger partial charge is 0.288 e. The van der Waals surface area contributed by atoms with E-state index in [9.17, 15) is 19.2 Å². The highest BCUT2D eigenvalue weighted by Gasteiger charge is 2.70. The van der Waals surface area contributed by atoms with Gasteiger partial charge in [0.25, 0.3) is 34.1 Å². The second-order valence-corrected chi connectivity index (χ2v) is 7.50. The molecular weight excluding hydrogens is 324 g/mol. The lowest BCUT2D eigenvalue weighted by molar-refractivity contribution is -0.139. The summed E-state index contributed by atoms with van der Waals surface area (Å²) in [5, 5.41) is -0.106. The molecular formula is C14H17N2O4S2+. The highest BCUT2D eigenvalue weighted by molar-refractivity contribution is 7.90. The van der Waals surface area contributed by atoms with E-state index >= 15 is 0 Å². The third-order valence-corrected chi connectivity index (χ3v) is 5.73. The minimum absolute atomic E-state index is 0.0164. The van der Waals surface area contributed by atoms with Crippen LogP contribution in [0.4, 0.5) is 0 Å². The normalized spacial score (nSPS) is 26.9. The van der Waals surface area contributed by atoms with Crippen LogP contribution in [0, 0.1) is 0 Å². The maximum absolute atomic E-state index is 11.8. The number of carbonyl (C=O) groups is 4. The Morgan fingerprint density at radius 2 is 1.45 bits per heavy atom. The Bertz CT molecular complexity index is 563. The number of hydrogen-bond donors (Lipinski definition) is 1. The molecule has 4 amide bonds. The molecule has 2 atom stereocenters. The second kappa shape index (κ2) is 6.08. The molecule has 0 radical (unpaired) electrons. The van der Waals surface area contributed by atoms with E-state index in [2.05, 4.69) is 12.6 Å². The van der Waals surface area contributed by atoms with Gasteiger partial charge in [-0.15, -0.1) is 12.6 Å². The average molecular weight is 341 g/mol. The van der Waals surface area contributed by atoms with Gasteiger partial charge in [0, 0.05) is 30.9 Å². The van der Waals surface area contributed by atoms with Crippen molar-refractivity contribution in [1.29, 1.82) is 0 Å². The number of likely N-dealkylation sites (tertiary alicyclic amines) is 1. The summed E-state index contributed by atoms with van der Waals surface area (Å²) in [6, 6.07) is 0. The molecule has 0 saturated carbocycles. The quantitative estimate of drug-likeness (QED) is 0.226. The lowest BCUT2D eigenvalue weighted by Gasteiger charge is -2.15. The van der Waals surface area contributed by atoms with E-state index in [1.807, 2.05) is 0 Å². The number of carbonyl (C=O) groups excluding carboxylic acids is 4. The smallest absolute Gasteiger partial charge is 0.274 e. The number of nitrogens with zero attached hydrogens (tertiary/aromatic N) is 2. The van der Waals surface area contributed by atoms with E-state index in [-0.39, 0.29) is 39.0 Å². The van der Waals surface area contributed by atoms with E-state index < -0.39 is 0 Å². The number of hydrogen-bond acceptors (Lipinski definition) is 5. The average Bonchev–Trinajstić information content (AvgIpc) is 3.19. The summed E-state index contributed by atoms with van der Waals surface area (Å²) in [5.74, 6) is -0.670. The lowest BCUT2D eigenvalue weighted by Crippen LogP contribution is -2.35. The van der Waals surface area contributed by atoms with E-state index in [1.165, 1.54) is 15.9 Å². The molecule has 0 N–H and O–H groups in total. The zero-order valence-corrected chi connectivity index (χ0v) is 13.7. The van der Waals surface area contributed by atoms with Gasteiger partial charge in [0.15, 0.2) is 0 Å². The molecule has 3 aliphatic heterocycles. The number of imide groups is 2. The van der Waals surface area contributed by atoms with Crippen molar-refractivity contribution < 1.29 is 19.2 Å². The van der Waals surface area contributed by atoms with Crippen LogP contribution < -0.4 is 0 Å². The second-order valence-electron chi connectivity index (χ2n) is 5.61. The van der Waals surface area contributed by atoms with Crippen LogP contribution in [0.25, 0.3) is 0 Å².